The molecule has 1 unspecified atom stereocenters. The summed E-state index contributed by atoms with van der Waals surface area (Å²) in [5.41, 5.74) is 2.86. The fraction of sp³-hybridized carbons (Fsp3) is 0.316. The number of anilines is 1. The molecule has 2 aromatic carbocycles. The number of hydrogen-bond acceptors (Lipinski definition) is 3. The lowest BCUT2D eigenvalue weighted by atomic mass is 9.92. The summed E-state index contributed by atoms with van der Waals surface area (Å²) in [6, 6.07) is 15.3. The van der Waals surface area contributed by atoms with Crippen LogP contribution in [0.3, 0.4) is 0 Å². The first-order valence-corrected chi connectivity index (χ1v) is 7.73. The SMILES string of the molecule is CCOc1cccc(C(Cc2ccc(N(C)C)cc2)C(=O)O)c1. The number of aliphatic carboxylic acids is 1. The van der Waals surface area contributed by atoms with Crippen LogP contribution in [-0.4, -0.2) is 31.8 Å². The molecule has 4 heteroatoms. The number of carboxylic acids is 1. The van der Waals surface area contributed by atoms with Gasteiger partial charge in [-0.15, -0.1) is 0 Å². The molecule has 0 heterocycles. The molecule has 0 aliphatic heterocycles. The second kappa shape index (κ2) is 7.68. The zero-order chi connectivity index (χ0) is 16.8. The summed E-state index contributed by atoms with van der Waals surface area (Å²) in [5, 5.41) is 9.60. The molecule has 2 aromatic rings. The third-order valence-electron chi connectivity index (χ3n) is 3.76. The van der Waals surface area contributed by atoms with Gasteiger partial charge in [-0.25, -0.2) is 0 Å². The van der Waals surface area contributed by atoms with E-state index in [-0.39, 0.29) is 0 Å². The van der Waals surface area contributed by atoms with Gasteiger partial charge < -0.3 is 14.7 Å². The van der Waals surface area contributed by atoms with Gasteiger partial charge in [0.2, 0.25) is 0 Å². The third kappa shape index (κ3) is 4.49. The molecule has 0 fully saturated rings. The molecule has 0 saturated carbocycles. The van der Waals surface area contributed by atoms with Gasteiger partial charge in [-0.3, -0.25) is 4.79 Å². The lowest BCUT2D eigenvalue weighted by Crippen LogP contribution is -2.15. The molecule has 0 radical (unpaired) electrons. The van der Waals surface area contributed by atoms with Crippen molar-refractivity contribution in [1.29, 1.82) is 0 Å². The molecule has 1 atom stereocenters. The van der Waals surface area contributed by atoms with Gasteiger partial charge >= 0.3 is 5.97 Å². The van der Waals surface area contributed by atoms with E-state index in [4.69, 9.17) is 4.74 Å². The lowest BCUT2D eigenvalue weighted by Gasteiger charge is -2.16. The molecule has 0 aromatic heterocycles. The van der Waals surface area contributed by atoms with E-state index in [1.807, 2.05) is 74.4 Å². The Morgan fingerprint density at radius 1 is 1.17 bits per heavy atom. The van der Waals surface area contributed by atoms with Crippen LogP contribution in [0, 0.1) is 0 Å². The van der Waals surface area contributed by atoms with Crippen molar-refractivity contribution in [2.45, 2.75) is 19.3 Å². The van der Waals surface area contributed by atoms with Crippen LogP contribution in [-0.2, 0) is 11.2 Å². The maximum Gasteiger partial charge on any atom is 0.311 e. The standard InChI is InChI=1S/C19H23NO3/c1-4-23-17-7-5-6-15(13-17)18(19(21)22)12-14-8-10-16(11-9-14)20(2)3/h5-11,13,18H,4,12H2,1-3H3,(H,21,22). The van der Waals surface area contributed by atoms with E-state index in [2.05, 4.69) is 0 Å². The molecule has 0 aliphatic carbocycles. The van der Waals surface area contributed by atoms with Crippen molar-refractivity contribution >= 4 is 11.7 Å². The predicted octanol–water partition coefficient (Wildman–Crippen LogP) is 3.56. The van der Waals surface area contributed by atoms with Crippen LogP contribution in [0.2, 0.25) is 0 Å². The molecule has 0 saturated heterocycles. The van der Waals surface area contributed by atoms with Crippen LogP contribution in [0.4, 0.5) is 5.69 Å². The molecule has 1 N–H and O–H groups in total. The largest absolute Gasteiger partial charge is 0.494 e. The Labute approximate surface area is 137 Å². The van der Waals surface area contributed by atoms with Gasteiger partial charge in [-0.05, 0) is 48.7 Å². The summed E-state index contributed by atoms with van der Waals surface area (Å²) < 4.78 is 5.47. The number of nitrogens with zero attached hydrogens (tertiary/aromatic N) is 1. The van der Waals surface area contributed by atoms with Gasteiger partial charge in [0.1, 0.15) is 5.75 Å². The quantitative estimate of drug-likeness (QED) is 0.849. The highest BCUT2D eigenvalue weighted by Crippen LogP contribution is 2.26. The lowest BCUT2D eigenvalue weighted by molar-refractivity contribution is -0.138. The Morgan fingerprint density at radius 3 is 2.43 bits per heavy atom. The Bertz CT molecular complexity index is 650. The van der Waals surface area contributed by atoms with Gasteiger partial charge in [-0.1, -0.05) is 24.3 Å². The molecule has 0 bridgehead atoms. The third-order valence-corrected chi connectivity index (χ3v) is 3.76. The van der Waals surface area contributed by atoms with Crippen molar-refractivity contribution in [1.82, 2.24) is 0 Å². The second-order valence-corrected chi connectivity index (χ2v) is 5.66. The van der Waals surface area contributed by atoms with Crippen LogP contribution in [0.1, 0.15) is 24.0 Å². The first-order chi connectivity index (χ1) is 11.0. The first-order valence-electron chi connectivity index (χ1n) is 7.73. The van der Waals surface area contributed by atoms with Crippen molar-refractivity contribution in [3.63, 3.8) is 0 Å². The van der Waals surface area contributed by atoms with E-state index in [9.17, 15) is 9.90 Å². The van der Waals surface area contributed by atoms with Crippen molar-refractivity contribution in [3.05, 3.63) is 59.7 Å². The van der Waals surface area contributed by atoms with E-state index >= 15 is 0 Å². The van der Waals surface area contributed by atoms with Gasteiger partial charge in [0.05, 0.1) is 12.5 Å². The van der Waals surface area contributed by atoms with E-state index in [1.165, 1.54) is 0 Å². The van der Waals surface area contributed by atoms with Crippen molar-refractivity contribution in [2.75, 3.05) is 25.6 Å². The summed E-state index contributed by atoms with van der Waals surface area (Å²) in [7, 11) is 3.96. The zero-order valence-corrected chi connectivity index (χ0v) is 13.8. The summed E-state index contributed by atoms with van der Waals surface area (Å²) in [6.07, 6.45) is 0.457. The van der Waals surface area contributed by atoms with Crippen LogP contribution in [0.25, 0.3) is 0 Å². The number of hydrogen-bond donors (Lipinski definition) is 1. The van der Waals surface area contributed by atoms with E-state index < -0.39 is 11.9 Å². The average Bonchev–Trinajstić information content (AvgIpc) is 2.53. The minimum Gasteiger partial charge on any atom is -0.494 e. The van der Waals surface area contributed by atoms with E-state index in [1.54, 1.807) is 0 Å². The normalized spacial score (nSPS) is 11.8. The number of carboxylic acid groups (broad SMARTS) is 1. The smallest absolute Gasteiger partial charge is 0.311 e. The maximum atomic E-state index is 11.7. The van der Waals surface area contributed by atoms with Crippen molar-refractivity contribution in [2.24, 2.45) is 0 Å². The topological polar surface area (TPSA) is 49.8 Å². The zero-order valence-electron chi connectivity index (χ0n) is 13.8. The number of carbonyl (C=O) groups is 1. The predicted molar refractivity (Wildman–Crippen MR) is 92.5 cm³/mol. The van der Waals surface area contributed by atoms with Gasteiger partial charge in [0.15, 0.2) is 0 Å². The highest BCUT2D eigenvalue weighted by molar-refractivity contribution is 5.76. The highest BCUT2D eigenvalue weighted by Gasteiger charge is 2.21. The highest BCUT2D eigenvalue weighted by atomic mass is 16.5. The maximum absolute atomic E-state index is 11.7. The molecule has 0 amide bonds. The minimum absolute atomic E-state index is 0.457. The van der Waals surface area contributed by atoms with Crippen LogP contribution >= 0.6 is 0 Å². The molecule has 122 valence electrons. The fourth-order valence-corrected chi connectivity index (χ4v) is 2.50. The van der Waals surface area contributed by atoms with Gasteiger partial charge in [0.25, 0.3) is 0 Å². The molecule has 2 rings (SSSR count). The molecule has 4 nitrogen and oxygen atoms in total. The van der Waals surface area contributed by atoms with Gasteiger partial charge in [0, 0.05) is 19.8 Å². The van der Waals surface area contributed by atoms with E-state index in [0.717, 1.165) is 16.8 Å². The molecule has 0 aliphatic rings. The van der Waals surface area contributed by atoms with E-state index in [0.29, 0.717) is 18.8 Å². The Kier molecular flexibility index (Phi) is 5.63. The second-order valence-electron chi connectivity index (χ2n) is 5.66. The average molecular weight is 313 g/mol. The summed E-state index contributed by atoms with van der Waals surface area (Å²) in [6.45, 7) is 2.47. The molecular weight excluding hydrogens is 290 g/mol. The van der Waals surface area contributed by atoms with Crippen molar-refractivity contribution < 1.29 is 14.6 Å². The summed E-state index contributed by atoms with van der Waals surface area (Å²) in [5.74, 6) is -0.699. The van der Waals surface area contributed by atoms with Gasteiger partial charge in [-0.2, -0.15) is 0 Å². The van der Waals surface area contributed by atoms with Crippen molar-refractivity contribution in [3.8, 4) is 5.75 Å². The Hall–Kier alpha value is -2.49. The molecular formula is C19H23NO3. The summed E-state index contributed by atoms with van der Waals surface area (Å²) >= 11 is 0. The number of ether oxygens (including phenoxy) is 1. The van der Waals surface area contributed by atoms with Crippen LogP contribution in [0.5, 0.6) is 5.75 Å². The van der Waals surface area contributed by atoms with Crippen LogP contribution < -0.4 is 9.64 Å². The minimum atomic E-state index is -0.824. The number of rotatable bonds is 7. The Balaban J connectivity index is 2.21. The molecule has 0 spiro atoms. The molecule has 23 heavy (non-hydrogen) atoms. The fourth-order valence-electron chi connectivity index (χ4n) is 2.50. The summed E-state index contributed by atoms with van der Waals surface area (Å²) in [4.78, 5) is 13.7. The Morgan fingerprint density at radius 2 is 1.87 bits per heavy atom. The van der Waals surface area contributed by atoms with Crippen LogP contribution in [0.15, 0.2) is 48.5 Å². The number of benzene rings is 2. The first kappa shape index (κ1) is 16.9. The monoisotopic (exact) mass is 313 g/mol.